The Morgan fingerprint density at radius 2 is 1.52 bits per heavy atom. The highest BCUT2D eigenvalue weighted by Gasteiger charge is 2.05. The van der Waals surface area contributed by atoms with Gasteiger partial charge in [0, 0.05) is 21.7 Å². The summed E-state index contributed by atoms with van der Waals surface area (Å²) in [6.07, 6.45) is 6.09. The first-order valence-electron chi connectivity index (χ1n) is 8.74. The van der Waals surface area contributed by atoms with Crippen molar-refractivity contribution in [3.8, 4) is 5.75 Å². The average Bonchev–Trinajstić information content (AvgIpc) is 2.73. The molecule has 0 unspecified atom stereocenters. The molecule has 0 atom stereocenters. The smallest absolute Gasteiger partial charge is 0.336 e. The molecule has 0 fully saturated rings. The number of halogens is 2. The molecule has 0 radical (unpaired) electrons. The molecule has 144 valence electrons. The van der Waals surface area contributed by atoms with Gasteiger partial charge in [-0.15, -0.1) is 0 Å². The lowest BCUT2D eigenvalue weighted by Gasteiger charge is -2.03. The Morgan fingerprint density at radius 1 is 0.793 bits per heavy atom. The van der Waals surface area contributed by atoms with E-state index in [-0.39, 0.29) is 5.78 Å². The Kier molecular flexibility index (Phi) is 7.01. The van der Waals surface area contributed by atoms with E-state index in [4.69, 9.17) is 27.9 Å². The molecule has 0 N–H and O–H groups in total. The van der Waals surface area contributed by atoms with Gasteiger partial charge in [-0.1, -0.05) is 59.6 Å². The standard InChI is InChI=1S/C24H16Cl2O3/c25-20-11-7-18(22(26)16-20)10-14-23(27)19-8-12-21(13-9-19)29-24(28)15-6-17-4-2-1-3-5-17/h1-16H. The molecule has 0 amide bonds. The van der Waals surface area contributed by atoms with Gasteiger partial charge in [0.25, 0.3) is 0 Å². The highest BCUT2D eigenvalue weighted by molar-refractivity contribution is 6.35. The van der Waals surface area contributed by atoms with Gasteiger partial charge in [-0.05, 0) is 65.8 Å². The number of hydrogen-bond donors (Lipinski definition) is 0. The topological polar surface area (TPSA) is 43.4 Å². The lowest BCUT2D eigenvalue weighted by atomic mass is 10.1. The molecule has 0 aliphatic carbocycles. The van der Waals surface area contributed by atoms with Crippen LogP contribution in [0.25, 0.3) is 12.2 Å². The maximum absolute atomic E-state index is 12.3. The van der Waals surface area contributed by atoms with E-state index in [0.29, 0.717) is 26.9 Å². The van der Waals surface area contributed by atoms with E-state index >= 15 is 0 Å². The molecule has 3 rings (SSSR count). The van der Waals surface area contributed by atoms with Crippen molar-refractivity contribution in [1.82, 2.24) is 0 Å². The average molecular weight is 423 g/mol. The van der Waals surface area contributed by atoms with Crippen LogP contribution in [0.5, 0.6) is 5.75 Å². The number of benzene rings is 3. The Labute approximate surface area is 178 Å². The number of allylic oxidation sites excluding steroid dienone is 1. The van der Waals surface area contributed by atoms with E-state index < -0.39 is 5.97 Å². The zero-order valence-corrected chi connectivity index (χ0v) is 16.7. The van der Waals surface area contributed by atoms with Crippen molar-refractivity contribution in [1.29, 1.82) is 0 Å². The van der Waals surface area contributed by atoms with Gasteiger partial charge >= 0.3 is 5.97 Å². The largest absolute Gasteiger partial charge is 0.423 e. The molecule has 0 bridgehead atoms. The zero-order chi connectivity index (χ0) is 20.6. The molecule has 29 heavy (non-hydrogen) atoms. The minimum absolute atomic E-state index is 0.196. The van der Waals surface area contributed by atoms with Crippen LogP contribution in [0.15, 0.2) is 84.9 Å². The molecule has 3 aromatic rings. The van der Waals surface area contributed by atoms with Crippen LogP contribution in [0.4, 0.5) is 0 Å². The van der Waals surface area contributed by atoms with E-state index in [0.717, 1.165) is 5.56 Å². The van der Waals surface area contributed by atoms with Crippen molar-refractivity contribution in [2.45, 2.75) is 0 Å². The molecule has 3 nitrogen and oxygen atoms in total. The minimum Gasteiger partial charge on any atom is -0.423 e. The molecule has 0 aliphatic heterocycles. The Hall–Kier alpha value is -3.14. The van der Waals surface area contributed by atoms with Gasteiger partial charge in [-0.2, -0.15) is 0 Å². The number of ketones is 1. The van der Waals surface area contributed by atoms with Gasteiger partial charge in [-0.25, -0.2) is 4.79 Å². The van der Waals surface area contributed by atoms with Crippen molar-refractivity contribution in [2.75, 3.05) is 0 Å². The number of hydrogen-bond acceptors (Lipinski definition) is 3. The number of ether oxygens (including phenoxy) is 1. The molecule has 0 heterocycles. The van der Waals surface area contributed by atoms with Crippen LogP contribution in [0.3, 0.4) is 0 Å². The molecule has 5 heteroatoms. The van der Waals surface area contributed by atoms with Crippen LogP contribution in [-0.2, 0) is 4.79 Å². The van der Waals surface area contributed by atoms with Crippen molar-refractivity contribution < 1.29 is 14.3 Å². The Balaban J connectivity index is 1.60. The Morgan fingerprint density at radius 3 is 2.21 bits per heavy atom. The summed E-state index contributed by atoms with van der Waals surface area (Å²) in [5.41, 5.74) is 2.06. The van der Waals surface area contributed by atoms with Crippen molar-refractivity contribution >= 4 is 47.1 Å². The highest BCUT2D eigenvalue weighted by atomic mass is 35.5. The molecule has 3 aromatic carbocycles. The first kappa shape index (κ1) is 20.6. The van der Waals surface area contributed by atoms with Gasteiger partial charge in [0.1, 0.15) is 5.75 Å². The first-order chi connectivity index (χ1) is 14.0. The second kappa shape index (κ2) is 9.87. The van der Waals surface area contributed by atoms with Gasteiger partial charge in [-0.3, -0.25) is 4.79 Å². The molecule has 0 saturated heterocycles. The summed E-state index contributed by atoms with van der Waals surface area (Å²) < 4.78 is 5.24. The molecular weight excluding hydrogens is 407 g/mol. The van der Waals surface area contributed by atoms with Crippen LogP contribution in [0, 0.1) is 0 Å². The van der Waals surface area contributed by atoms with Crippen molar-refractivity contribution in [2.24, 2.45) is 0 Å². The van der Waals surface area contributed by atoms with Gasteiger partial charge in [0.2, 0.25) is 0 Å². The number of carbonyl (C=O) groups is 2. The predicted molar refractivity (Wildman–Crippen MR) is 117 cm³/mol. The summed E-state index contributed by atoms with van der Waals surface area (Å²) in [6, 6.07) is 20.8. The highest BCUT2D eigenvalue weighted by Crippen LogP contribution is 2.22. The van der Waals surface area contributed by atoms with Gasteiger partial charge < -0.3 is 4.74 Å². The van der Waals surface area contributed by atoms with E-state index in [1.54, 1.807) is 54.6 Å². The van der Waals surface area contributed by atoms with Crippen LogP contribution in [-0.4, -0.2) is 11.8 Å². The second-order valence-corrected chi connectivity index (χ2v) is 6.90. The first-order valence-corrected chi connectivity index (χ1v) is 9.49. The fourth-order valence-electron chi connectivity index (χ4n) is 2.46. The number of esters is 1. The van der Waals surface area contributed by atoms with Gasteiger partial charge in [0.05, 0.1) is 0 Å². The SMILES string of the molecule is O=C(C=Cc1ccccc1)Oc1ccc(C(=O)C=Cc2ccc(Cl)cc2Cl)cc1. The second-order valence-electron chi connectivity index (χ2n) is 6.05. The third-order valence-corrected chi connectivity index (χ3v) is 4.51. The van der Waals surface area contributed by atoms with Crippen molar-refractivity contribution in [3.05, 3.63) is 112 Å². The van der Waals surface area contributed by atoms with Crippen LogP contribution < -0.4 is 4.74 Å². The third-order valence-electron chi connectivity index (χ3n) is 3.95. The lowest BCUT2D eigenvalue weighted by Crippen LogP contribution is -2.04. The quantitative estimate of drug-likeness (QED) is 0.197. The maximum atomic E-state index is 12.3. The fourth-order valence-corrected chi connectivity index (χ4v) is 2.94. The molecule has 0 aromatic heterocycles. The molecule has 0 saturated carbocycles. The number of carbonyl (C=O) groups excluding carboxylic acids is 2. The summed E-state index contributed by atoms with van der Waals surface area (Å²) in [4.78, 5) is 24.2. The van der Waals surface area contributed by atoms with E-state index in [1.165, 1.54) is 12.2 Å². The van der Waals surface area contributed by atoms with Crippen LogP contribution >= 0.6 is 23.2 Å². The summed E-state index contributed by atoms with van der Waals surface area (Å²) in [5.74, 6) is -0.336. The summed E-state index contributed by atoms with van der Waals surface area (Å²) in [7, 11) is 0. The van der Waals surface area contributed by atoms with Gasteiger partial charge in [0.15, 0.2) is 5.78 Å². The summed E-state index contributed by atoms with van der Waals surface area (Å²) in [5, 5.41) is 0.995. The van der Waals surface area contributed by atoms with E-state index in [9.17, 15) is 9.59 Å². The van der Waals surface area contributed by atoms with E-state index in [1.807, 2.05) is 30.3 Å². The Bertz CT molecular complexity index is 1070. The maximum Gasteiger partial charge on any atom is 0.336 e. The lowest BCUT2D eigenvalue weighted by molar-refractivity contribution is -0.128. The van der Waals surface area contributed by atoms with Crippen molar-refractivity contribution in [3.63, 3.8) is 0 Å². The molecule has 0 aliphatic rings. The minimum atomic E-state index is -0.495. The third kappa shape index (κ3) is 6.18. The molecule has 0 spiro atoms. The van der Waals surface area contributed by atoms with Crippen LogP contribution in [0.2, 0.25) is 10.0 Å². The molecular formula is C24H16Cl2O3. The monoisotopic (exact) mass is 422 g/mol. The summed E-state index contributed by atoms with van der Waals surface area (Å²) >= 11 is 12.0. The predicted octanol–water partition coefficient (Wildman–Crippen LogP) is 6.51. The number of rotatable bonds is 6. The van der Waals surface area contributed by atoms with Crippen LogP contribution in [0.1, 0.15) is 21.5 Å². The fraction of sp³-hybridized carbons (Fsp3) is 0. The zero-order valence-electron chi connectivity index (χ0n) is 15.2. The normalized spacial score (nSPS) is 11.1. The van der Waals surface area contributed by atoms with E-state index in [2.05, 4.69) is 0 Å². The summed E-state index contributed by atoms with van der Waals surface area (Å²) in [6.45, 7) is 0.